The number of aliphatic hydroxyl groups excluding tert-OH is 1. The van der Waals surface area contributed by atoms with Crippen LogP contribution in [0.4, 0.5) is 4.39 Å². The van der Waals surface area contributed by atoms with E-state index >= 15 is 0 Å². The van der Waals surface area contributed by atoms with Gasteiger partial charge in [0.15, 0.2) is 11.6 Å². The van der Waals surface area contributed by atoms with E-state index in [0.717, 1.165) is 11.1 Å². The predicted molar refractivity (Wildman–Crippen MR) is 77.8 cm³/mol. The molecule has 1 unspecified atom stereocenters. The first-order chi connectivity index (χ1) is 9.58. The van der Waals surface area contributed by atoms with Crippen LogP contribution in [-0.4, -0.2) is 18.3 Å². The predicted octanol–water partition coefficient (Wildman–Crippen LogP) is 3.63. The molecule has 0 aromatic heterocycles. The molecule has 1 N–H and O–H groups in total. The van der Waals surface area contributed by atoms with Gasteiger partial charge in [0, 0.05) is 5.02 Å². The van der Waals surface area contributed by atoms with Crippen LogP contribution in [0.1, 0.15) is 11.1 Å². The van der Waals surface area contributed by atoms with Gasteiger partial charge in [-0.15, -0.1) is 0 Å². The van der Waals surface area contributed by atoms with Crippen molar-refractivity contribution >= 4 is 11.6 Å². The standard InChI is InChI=1S/C16H16ClFO2/c1-20-16-7-4-12(10-15(16)18)9-14(19)8-11-2-5-13(17)6-3-11/h2-7,10,14,19H,8-9H2,1H3. The van der Waals surface area contributed by atoms with E-state index in [1.54, 1.807) is 24.3 Å². The molecule has 0 saturated carbocycles. The highest BCUT2D eigenvalue weighted by Gasteiger charge is 2.09. The first kappa shape index (κ1) is 14.8. The van der Waals surface area contributed by atoms with Gasteiger partial charge in [-0.05, 0) is 48.2 Å². The summed E-state index contributed by atoms with van der Waals surface area (Å²) < 4.78 is 18.4. The van der Waals surface area contributed by atoms with Crippen molar-refractivity contribution in [3.8, 4) is 5.75 Å². The number of benzene rings is 2. The molecule has 0 amide bonds. The van der Waals surface area contributed by atoms with Crippen LogP contribution in [0.3, 0.4) is 0 Å². The van der Waals surface area contributed by atoms with Gasteiger partial charge in [-0.3, -0.25) is 0 Å². The van der Waals surface area contributed by atoms with Gasteiger partial charge >= 0.3 is 0 Å². The van der Waals surface area contributed by atoms with Gasteiger partial charge in [0.1, 0.15) is 0 Å². The highest BCUT2D eigenvalue weighted by molar-refractivity contribution is 6.30. The summed E-state index contributed by atoms with van der Waals surface area (Å²) in [6, 6.07) is 12.0. The van der Waals surface area contributed by atoms with Crippen molar-refractivity contribution in [2.45, 2.75) is 18.9 Å². The van der Waals surface area contributed by atoms with Crippen LogP contribution >= 0.6 is 11.6 Å². The Morgan fingerprint density at radius 2 is 1.70 bits per heavy atom. The summed E-state index contributed by atoms with van der Waals surface area (Å²) in [7, 11) is 1.42. The second kappa shape index (κ2) is 6.73. The highest BCUT2D eigenvalue weighted by Crippen LogP contribution is 2.19. The summed E-state index contributed by atoms with van der Waals surface area (Å²) >= 11 is 5.81. The number of aliphatic hydroxyl groups is 1. The molecule has 0 radical (unpaired) electrons. The lowest BCUT2D eigenvalue weighted by Gasteiger charge is -2.12. The molecule has 1 atom stereocenters. The molecular weight excluding hydrogens is 279 g/mol. The van der Waals surface area contributed by atoms with Crippen LogP contribution < -0.4 is 4.74 Å². The Hall–Kier alpha value is -1.58. The Morgan fingerprint density at radius 1 is 1.10 bits per heavy atom. The van der Waals surface area contributed by atoms with E-state index in [9.17, 15) is 9.50 Å². The normalized spacial score (nSPS) is 12.2. The zero-order chi connectivity index (χ0) is 14.5. The van der Waals surface area contributed by atoms with E-state index in [0.29, 0.717) is 17.9 Å². The van der Waals surface area contributed by atoms with Gasteiger partial charge in [0.2, 0.25) is 0 Å². The van der Waals surface area contributed by atoms with Crippen LogP contribution in [0, 0.1) is 5.82 Å². The third-order valence-electron chi connectivity index (χ3n) is 3.07. The number of ether oxygens (including phenoxy) is 1. The molecule has 0 heterocycles. The van der Waals surface area contributed by atoms with Gasteiger partial charge in [-0.25, -0.2) is 4.39 Å². The third kappa shape index (κ3) is 3.95. The largest absolute Gasteiger partial charge is 0.494 e. The van der Waals surface area contributed by atoms with Gasteiger partial charge in [-0.2, -0.15) is 0 Å². The Bertz CT molecular complexity index is 569. The van der Waals surface area contributed by atoms with Crippen molar-refractivity contribution in [2.75, 3.05) is 7.11 Å². The maximum atomic E-state index is 13.6. The van der Waals surface area contributed by atoms with E-state index in [2.05, 4.69) is 0 Å². The molecule has 4 heteroatoms. The first-order valence-corrected chi connectivity index (χ1v) is 6.71. The highest BCUT2D eigenvalue weighted by atomic mass is 35.5. The Balaban J connectivity index is 1.99. The van der Waals surface area contributed by atoms with E-state index < -0.39 is 11.9 Å². The number of methoxy groups -OCH3 is 1. The molecule has 0 fully saturated rings. The SMILES string of the molecule is COc1ccc(CC(O)Cc2ccc(Cl)cc2)cc1F. The second-order valence-electron chi connectivity index (χ2n) is 4.66. The molecule has 2 aromatic rings. The minimum atomic E-state index is -0.566. The first-order valence-electron chi connectivity index (χ1n) is 6.33. The molecule has 0 aliphatic heterocycles. The van der Waals surface area contributed by atoms with Crippen molar-refractivity contribution in [1.82, 2.24) is 0 Å². The van der Waals surface area contributed by atoms with Crippen LogP contribution in [0.2, 0.25) is 5.02 Å². The molecule has 0 aliphatic carbocycles. The molecule has 0 spiro atoms. The lowest BCUT2D eigenvalue weighted by Crippen LogP contribution is -2.14. The Labute approximate surface area is 122 Å². The summed E-state index contributed by atoms with van der Waals surface area (Å²) in [6.07, 6.45) is 0.331. The minimum absolute atomic E-state index is 0.209. The quantitative estimate of drug-likeness (QED) is 0.912. The molecule has 2 rings (SSSR count). The van der Waals surface area contributed by atoms with Crippen LogP contribution in [0.5, 0.6) is 5.75 Å². The molecule has 0 saturated heterocycles. The maximum Gasteiger partial charge on any atom is 0.165 e. The Morgan fingerprint density at radius 3 is 2.30 bits per heavy atom. The van der Waals surface area contributed by atoms with Crippen molar-refractivity contribution in [3.05, 3.63) is 64.4 Å². The average Bonchev–Trinajstić information content (AvgIpc) is 2.41. The molecule has 20 heavy (non-hydrogen) atoms. The topological polar surface area (TPSA) is 29.5 Å². The summed E-state index contributed by atoms with van der Waals surface area (Å²) in [6.45, 7) is 0. The maximum absolute atomic E-state index is 13.6. The molecule has 0 bridgehead atoms. The molecular formula is C16H16ClFO2. The molecule has 0 aliphatic rings. The third-order valence-corrected chi connectivity index (χ3v) is 3.32. The fourth-order valence-electron chi connectivity index (χ4n) is 2.07. The fraction of sp³-hybridized carbons (Fsp3) is 0.250. The van der Waals surface area contributed by atoms with E-state index in [-0.39, 0.29) is 5.75 Å². The summed E-state index contributed by atoms with van der Waals surface area (Å²) in [4.78, 5) is 0. The van der Waals surface area contributed by atoms with E-state index in [1.165, 1.54) is 13.2 Å². The zero-order valence-electron chi connectivity index (χ0n) is 11.1. The van der Waals surface area contributed by atoms with Crippen molar-refractivity contribution in [3.63, 3.8) is 0 Å². The van der Waals surface area contributed by atoms with Gasteiger partial charge in [0.25, 0.3) is 0 Å². The van der Waals surface area contributed by atoms with E-state index in [4.69, 9.17) is 16.3 Å². The van der Waals surface area contributed by atoms with E-state index in [1.807, 2.05) is 12.1 Å². The minimum Gasteiger partial charge on any atom is -0.494 e. The van der Waals surface area contributed by atoms with Crippen molar-refractivity contribution < 1.29 is 14.2 Å². The number of hydrogen-bond donors (Lipinski definition) is 1. The summed E-state index contributed by atoms with van der Waals surface area (Å²) in [5, 5.41) is 10.7. The van der Waals surface area contributed by atoms with Gasteiger partial charge < -0.3 is 9.84 Å². The molecule has 106 valence electrons. The summed E-state index contributed by atoms with van der Waals surface area (Å²) in [5.41, 5.74) is 1.74. The number of halogens is 2. The lowest BCUT2D eigenvalue weighted by molar-refractivity contribution is 0.175. The number of hydrogen-bond acceptors (Lipinski definition) is 2. The van der Waals surface area contributed by atoms with Gasteiger partial charge in [0.05, 0.1) is 13.2 Å². The second-order valence-corrected chi connectivity index (χ2v) is 5.09. The monoisotopic (exact) mass is 294 g/mol. The fourth-order valence-corrected chi connectivity index (χ4v) is 2.20. The zero-order valence-corrected chi connectivity index (χ0v) is 11.9. The molecule has 2 nitrogen and oxygen atoms in total. The van der Waals surface area contributed by atoms with Crippen LogP contribution in [-0.2, 0) is 12.8 Å². The Kier molecular flexibility index (Phi) is 4.99. The average molecular weight is 295 g/mol. The summed E-state index contributed by atoms with van der Waals surface area (Å²) in [5.74, 6) is -0.204. The smallest absolute Gasteiger partial charge is 0.165 e. The lowest BCUT2D eigenvalue weighted by atomic mass is 10.0. The van der Waals surface area contributed by atoms with Crippen LogP contribution in [0.15, 0.2) is 42.5 Å². The van der Waals surface area contributed by atoms with Crippen molar-refractivity contribution in [1.29, 1.82) is 0 Å². The van der Waals surface area contributed by atoms with Gasteiger partial charge in [-0.1, -0.05) is 29.8 Å². The number of rotatable bonds is 5. The van der Waals surface area contributed by atoms with Crippen LogP contribution in [0.25, 0.3) is 0 Å². The van der Waals surface area contributed by atoms with Crippen molar-refractivity contribution in [2.24, 2.45) is 0 Å². The molecule has 2 aromatic carbocycles.